The molecule has 0 unspecified atom stereocenters. The molecule has 0 radical (unpaired) electrons. The molecule has 86 valence electrons. The van der Waals surface area contributed by atoms with Crippen molar-refractivity contribution in [3.05, 3.63) is 34.3 Å². The second kappa shape index (κ2) is 5.46. The first-order valence-electron chi connectivity index (χ1n) is 5.53. The lowest BCUT2D eigenvalue weighted by atomic mass is 10.2. The summed E-state index contributed by atoms with van der Waals surface area (Å²) < 4.78 is 0.927. The van der Waals surface area contributed by atoms with E-state index in [1.54, 1.807) is 0 Å². The molecule has 1 fully saturated rings. The highest BCUT2D eigenvalue weighted by Gasteiger charge is 2.19. The molecule has 2 N–H and O–H groups in total. The maximum atomic E-state index is 11.7. The minimum Gasteiger partial charge on any atom is -0.351 e. The summed E-state index contributed by atoms with van der Waals surface area (Å²) >= 11 is 3.35. The molecular weight excluding hydrogens is 268 g/mol. The molecule has 16 heavy (non-hydrogen) atoms. The lowest BCUT2D eigenvalue weighted by Crippen LogP contribution is -2.32. The van der Waals surface area contributed by atoms with E-state index in [2.05, 4.69) is 26.6 Å². The van der Waals surface area contributed by atoms with Crippen LogP contribution in [0.3, 0.4) is 0 Å². The Kier molecular flexibility index (Phi) is 3.96. The first kappa shape index (κ1) is 11.6. The van der Waals surface area contributed by atoms with Gasteiger partial charge in [-0.1, -0.05) is 22.0 Å². The summed E-state index contributed by atoms with van der Waals surface area (Å²) in [6, 6.07) is 8.10. The fourth-order valence-corrected chi connectivity index (χ4v) is 1.87. The van der Waals surface area contributed by atoms with Crippen molar-refractivity contribution in [1.82, 2.24) is 10.6 Å². The van der Waals surface area contributed by atoms with Crippen molar-refractivity contribution in [1.29, 1.82) is 0 Å². The molecule has 0 spiro atoms. The molecule has 4 heteroatoms. The summed E-state index contributed by atoms with van der Waals surface area (Å²) in [5.41, 5.74) is 0.695. The Labute approximate surface area is 104 Å². The van der Waals surface area contributed by atoms with Crippen LogP contribution in [0.15, 0.2) is 28.7 Å². The molecule has 0 atom stereocenters. The van der Waals surface area contributed by atoms with Gasteiger partial charge in [-0.3, -0.25) is 4.79 Å². The van der Waals surface area contributed by atoms with Crippen molar-refractivity contribution in [3.8, 4) is 0 Å². The van der Waals surface area contributed by atoms with Crippen molar-refractivity contribution in [3.63, 3.8) is 0 Å². The van der Waals surface area contributed by atoms with Gasteiger partial charge in [-0.05, 0) is 31.0 Å². The fraction of sp³-hybridized carbons (Fsp3) is 0.417. The molecule has 0 heterocycles. The van der Waals surface area contributed by atoms with Crippen molar-refractivity contribution >= 4 is 21.8 Å². The minimum absolute atomic E-state index is 0.0149. The van der Waals surface area contributed by atoms with Gasteiger partial charge in [0.05, 0.1) is 0 Å². The van der Waals surface area contributed by atoms with Gasteiger partial charge in [-0.2, -0.15) is 0 Å². The highest BCUT2D eigenvalue weighted by molar-refractivity contribution is 9.10. The summed E-state index contributed by atoms with van der Waals surface area (Å²) in [6.45, 7) is 1.53. The average Bonchev–Trinajstić information content (AvgIpc) is 3.08. The highest BCUT2D eigenvalue weighted by Crippen LogP contribution is 2.17. The molecule has 0 bridgehead atoms. The van der Waals surface area contributed by atoms with Crippen LogP contribution in [0.1, 0.15) is 23.2 Å². The number of hydrogen-bond acceptors (Lipinski definition) is 2. The monoisotopic (exact) mass is 282 g/mol. The maximum absolute atomic E-state index is 11.7. The van der Waals surface area contributed by atoms with E-state index in [0.717, 1.165) is 11.0 Å². The standard InChI is InChI=1S/C12H15BrN2O/c13-10-3-1-2-9(8-10)12(16)15-7-6-14-11-4-5-11/h1-3,8,11,14H,4-7H2,(H,15,16). The summed E-state index contributed by atoms with van der Waals surface area (Å²) in [5.74, 6) is -0.0149. The third kappa shape index (κ3) is 3.61. The van der Waals surface area contributed by atoms with E-state index in [0.29, 0.717) is 18.2 Å². The van der Waals surface area contributed by atoms with E-state index in [9.17, 15) is 4.79 Å². The zero-order chi connectivity index (χ0) is 11.4. The van der Waals surface area contributed by atoms with Gasteiger partial charge in [0.25, 0.3) is 5.91 Å². The van der Waals surface area contributed by atoms with Crippen LogP contribution >= 0.6 is 15.9 Å². The number of nitrogens with one attached hydrogen (secondary N) is 2. The number of halogens is 1. The summed E-state index contributed by atoms with van der Waals surface area (Å²) in [7, 11) is 0. The van der Waals surface area contributed by atoms with E-state index < -0.39 is 0 Å². The van der Waals surface area contributed by atoms with Gasteiger partial charge in [0, 0.05) is 29.2 Å². The molecule has 0 saturated heterocycles. The van der Waals surface area contributed by atoms with E-state index in [-0.39, 0.29) is 5.91 Å². The largest absolute Gasteiger partial charge is 0.351 e. The molecule has 2 rings (SSSR count). The van der Waals surface area contributed by atoms with E-state index >= 15 is 0 Å². The molecule has 1 saturated carbocycles. The van der Waals surface area contributed by atoms with Crippen LogP contribution in [0.5, 0.6) is 0 Å². The Hall–Kier alpha value is -0.870. The van der Waals surface area contributed by atoms with Crippen LogP contribution < -0.4 is 10.6 Å². The van der Waals surface area contributed by atoms with Gasteiger partial charge in [0.1, 0.15) is 0 Å². The zero-order valence-corrected chi connectivity index (χ0v) is 10.6. The van der Waals surface area contributed by atoms with Crippen molar-refractivity contribution in [2.75, 3.05) is 13.1 Å². The van der Waals surface area contributed by atoms with Crippen LogP contribution in [-0.2, 0) is 0 Å². The smallest absolute Gasteiger partial charge is 0.251 e. The molecule has 1 aromatic rings. The van der Waals surface area contributed by atoms with E-state index in [4.69, 9.17) is 0 Å². The molecule has 1 aliphatic rings. The number of benzene rings is 1. The Morgan fingerprint density at radius 3 is 2.88 bits per heavy atom. The van der Waals surface area contributed by atoms with Crippen LogP contribution in [0.4, 0.5) is 0 Å². The van der Waals surface area contributed by atoms with Crippen molar-refractivity contribution in [2.45, 2.75) is 18.9 Å². The van der Waals surface area contributed by atoms with Crippen molar-refractivity contribution in [2.24, 2.45) is 0 Å². The lowest BCUT2D eigenvalue weighted by Gasteiger charge is -2.06. The second-order valence-corrected chi connectivity index (χ2v) is 4.91. The van der Waals surface area contributed by atoms with Crippen LogP contribution in [0, 0.1) is 0 Å². The Morgan fingerprint density at radius 1 is 1.38 bits per heavy atom. The number of amides is 1. The highest BCUT2D eigenvalue weighted by atomic mass is 79.9. The van der Waals surface area contributed by atoms with Gasteiger partial charge in [-0.15, -0.1) is 0 Å². The Balaban J connectivity index is 1.73. The van der Waals surface area contributed by atoms with Gasteiger partial charge >= 0.3 is 0 Å². The predicted octanol–water partition coefficient (Wildman–Crippen LogP) is 1.93. The van der Waals surface area contributed by atoms with Gasteiger partial charge in [0.2, 0.25) is 0 Å². The van der Waals surface area contributed by atoms with Gasteiger partial charge in [0.15, 0.2) is 0 Å². The SMILES string of the molecule is O=C(NCCNC1CC1)c1cccc(Br)c1. The molecule has 1 amide bonds. The summed E-state index contributed by atoms with van der Waals surface area (Å²) in [6.07, 6.45) is 2.55. The molecule has 1 aliphatic carbocycles. The third-order valence-electron chi connectivity index (χ3n) is 2.51. The van der Waals surface area contributed by atoms with Crippen LogP contribution in [0.2, 0.25) is 0 Å². The molecule has 3 nitrogen and oxygen atoms in total. The minimum atomic E-state index is -0.0149. The number of hydrogen-bond donors (Lipinski definition) is 2. The van der Waals surface area contributed by atoms with Crippen molar-refractivity contribution < 1.29 is 4.79 Å². The average molecular weight is 283 g/mol. The number of rotatable bonds is 5. The maximum Gasteiger partial charge on any atom is 0.251 e. The second-order valence-electron chi connectivity index (χ2n) is 3.99. The van der Waals surface area contributed by atoms with Gasteiger partial charge in [-0.25, -0.2) is 0 Å². The van der Waals surface area contributed by atoms with Gasteiger partial charge < -0.3 is 10.6 Å². The normalized spacial score (nSPS) is 14.8. The molecule has 1 aromatic carbocycles. The van der Waals surface area contributed by atoms with Crippen LogP contribution in [-0.4, -0.2) is 25.0 Å². The predicted molar refractivity (Wildman–Crippen MR) is 67.5 cm³/mol. The first-order chi connectivity index (χ1) is 7.75. The zero-order valence-electron chi connectivity index (χ0n) is 9.00. The summed E-state index contributed by atoms with van der Waals surface area (Å²) in [5, 5.41) is 6.24. The van der Waals surface area contributed by atoms with E-state index in [1.165, 1.54) is 12.8 Å². The van der Waals surface area contributed by atoms with E-state index in [1.807, 2.05) is 24.3 Å². The first-order valence-corrected chi connectivity index (χ1v) is 6.32. The number of carbonyl (C=O) groups excluding carboxylic acids is 1. The molecular formula is C12H15BrN2O. The Morgan fingerprint density at radius 2 is 2.19 bits per heavy atom. The molecule has 0 aliphatic heterocycles. The topological polar surface area (TPSA) is 41.1 Å². The Bertz CT molecular complexity index is 377. The molecule has 0 aromatic heterocycles. The van der Waals surface area contributed by atoms with Crippen LogP contribution in [0.25, 0.3) is 0 Å². The lowest BCUT2D eigenvalue weighted by molar-refractivity contribution is 0.0954. The fourth-order valence-electron chi connectivity index (χ4n) is 1.47. The number of carbonyl (C=O) groups is 1. The quantitative estimate of drug-likeness (QED) is 0.811. The summed E-state index contributed by atoms with van der Waals surface area (Å²) in [4.78, 5) is 11.7. The third-order valence-corrected chi connectivity index (χ3v) is 3.00.